The quantitative estimate of drug-likeness (QED) is 0.258. The maximum absolute atomic E-state index is 13.9. The van der Waals surface area contributed by atoms with Gasteiger partial charge in [-0.05, 0) is 80.4 Å². The average molecular weight is 651 g/mol. The molecule has 0 aliphatic carbocycles. The predicted octanol–water partition coefficient (Wildman–Crippen LogP) is 5.64. The van der Waals surface area contributed by atoms with E-state index in [-0.39, 0.29) is 23.0 Å². The Kier molecular flexibility index (Phi) is 11.4. The van der Waals surface area contributed by atoms with Crippen LogP contribution in [-0.2, 0) is 26.2 Å². The Morgan fingerprint density at radius 1 is 1.00 bits per heavy atom. The van der Waals surface area contributed by atoms with Crippen LogP contribution in [0.25, 0.3) is 0 Å². The molecule has 0 aromatic heterocycles. The molecule has 0 aliphatic rings. The number of halogens is 2. The summed E-state index contributed by atoms with van der Waals surface area (Å²) in [5.41, 5.74) is 0.913. The minimum Gasteiger partial charge on any atom is -0.494 e. The zero-order valence-corrected chi connectivity index (χ0v) is 25.8. The summed E-state index contributed by atoms with van der Waals surface area (Å²) in [4.78, 5) is 28.2. The molecule has 0 spiro atoms. The van der Waals surface area contributed by atoms with Gasteiger partial charge in [-0.3, -0.25) is 13.9 Å². The SMILES string of the molecule is CCCNC(=O)[C@H](C)N(Cc1ccccc1Cl)C(=O)CN(c1ccc(OCC)cc1)S(=O)(=O)c1ccc(Br)cc1. The molecule has 0 radical (unpaired) electrons. The normalized spacial score (nSPS) is 11.9. The molecule has 2 amide bonds. The molecule has 3 rings (SSSR count). The molecular weight excluding hydrogens is 618 g/mol. The zero-order valence-electron chi connectivity index (χ0n) is 22.6. The molecule has 1 N–H and O–H groups in total. The fourth-order valence-electron chi connectivity index (χ4n) is 3.93. The second-order valence-corrected chi connectivity index (χ2v) is 12.2. The van der Waals surface area contributed by atoms with E-state index in [9.17, 15) is 18.0 Å². The summed E-state index contributed by atoms with van der Waals surface area (Å²) in [7, 11) is -4.17. The number of nitrogens with zero attached hydrogens (tertiary/aromatic N) is 2. The Hall–Kier alpha value is -3.08. The molecule has 0 fully saturated rings. The second kappa shape index (κ2) is 14.5. The molecule has 3 aromatic rings. The molecule has 0 heterocycles. The van der Waals surface area contributed by atoms with Crippen LogP contribution in [-0.4, -0.2) is 50.9 Å². The van der Waals surface area contributed by atoms with Crippen LogP contribution in [0.2, 0.25) is 5.02 Å². The van der Waals surface area contributed by atoms with Crippen molar-refractivity contribution < 1.29 is 22.7 Å². The first-order valence-corrected chi connectivity index (χ1v) is 15.5. The highest BCUT2D eigenvalue weighted by Gasteiger charge is 2.32. The first kappa shape index (κ1) is 31.4. The van der Waals surface area contributed by atoms with Crippen LogP contribution in [0.1, 0.15) is 32.8 Å². The molecular formula is C29H33BrClN3O5S. The molecule has 1 atom stereocenters. The fourth-order valence-corrected chi connectivity index (χ4v) is 5.80. The van der Waals surface area contributed by atoms with E-state index in [0.717, 1.165) is 10.7 Å². The van der Waals surface area contributed by atoms with Crippen molar-refractivity contribution in [1.29, 1.82) is 0 Å². The Morgan fingerprint density at radius 3 is 2.25 bits per heavy atom. The third-order valence-electron chi connectivity index (χ3n) is 6.13. The fraction of sp³-hybridized carbons (Fsp3) is 0.310. The number of anilines is 1. The maximum atomic E-state index is 13.9. The lowest BCUT2D eigenvalue weighted by Gasteiger charge is -2.32. The maximum Gasteiger partial charge on any atom is 0.264 e. The van der Waals surface area contributed by atoms with Crippen LogP contribution in [0.3, 0.4) is 0 Å². The van der Waals surface area contributed by atoms with Crippen molar-refractivity contribution in [3.8, 4) is 5.75 Å². The summed E-state index contributed by atoms with van der Waals surface area (Å²) in [6, 6.07) is 18.8. The molecule has 0 saturated carbocycles. The van der Waals surface area contributed by atoms with Crippen LogP contribution < -0.4 is 14.4 Å². The minimum atomic E-state index is -4.17. The number of amides is 2. The molecule has 11 heteroatoms. The van der Waals surface area contributed by atoms with Gasteiger partial charge in [0.05, 0.1) is 17.2 Å². The summed E-state index contributed by atoms with van der Waals surface area (Å²) in [5.74, 6) is -0.334. The van der Waals surface area contributed by atoms with Gasteiger partial charge >= 0.3 is 0 Å². The highest BCUT2D eigenvalue weighted by atomic mass is 79.9. The lowest BCUT2D eigenvalue weighted by molar-refractivity contribution is -0.139. The second-order valence-electron chi connectivity index (χ2n) is 8.97. The standard InChI is InChI=1S/C29H33BrClN3O5S/c1-4-18-32-29(36)21(3)33(19-22-8-6-7-9-27(22)31)28(35)20-34(24-12-14-25(15-13-24)39-5-2)40(37,38)26-16-10-23(30)11-17-26/h6-17,21H,4-5,18-20H2,1-3H3,(H,32,36)/t21-/m0/s1. The Labute approximate surface area is 249 Å². The molecule has 0 unspecified atom stereocenters. The number of rotatable bonds is 13. The average Bonchev–Trinajstić information content (AvgIpc) is 2.94. The van der Waals surface area contributed by atoms with Crippen LogP contribution in [0.5, 0.6) is 5.75 Å². The molecule has 0 saturated heterocycles. The minimum absolute atomic E-state index is 0.0174. The third kappa shape index (κ3) is 7.99. The number of carbonyl (C=O) groups excluding carboxylic acids is 2. The largest absolute Gasteiger partial charge is 0.494 e. The van der Waals surface area contributed by atoms with Crippen molar-refractivity contribution in [1.82, 2.24) is 10.2 Å². The first-order chi connectivity index (χ1) is 19.1. The number of nitrogens with one attached hydrogen (secondary N) is 1. The number of ether oxygens (including phenoxy) is 1. The van der Waals surface area contributed by atoms with E-state index in [4.69, 9.17) is 16.3 Å². The number of benzene rings is 3. The van der Waals surface area contributed by atoms with Gasteiger partial charge in [0.15, 0.2) is 0 Å². The molecule has 0 aliphatic heterocycles. The van der Waals surface area contributed by atoms with E-state index < -0.39 is 28.5 Å². The van der Waals surface area contributed by atoms with Gasteiger partial charge in [-0.15, -0.1) is 0 Å². The van der Waals surface area contributed by atoms with Crippen molar-refractivity contribution in [3.05, 3.63) is 87.9 Å². The molecule has 3 aromatic carbocycles. The molecule has 214 valence electrons. The zero-order chi connectivity index (χ0) is 29.3. The van der Waals surface area contributed by atoms with E-state index in [1.54, 1.807) is 67.6 Å². The van der Waals surface area contributed by atoms with Gasteiger partial charge < -0.3 is 15.0 Å². The Morgan fingerprint density at radius 2 is 1.65 bits per heavy atom. The van der Waals surface area contributed by atoms with E-state index in [1.165, 1.54) is 17.0 Å². The van der Waals surface area contributed by atoms with Crippen LogP contribution in [0.4, 0.5) is 5.69 Å². The van der Waals surface area contributed by atoms with Crippen LogP contribution >= 0.6 is 27.5 Å². The highest BCUT2D eigenvalue weighted by Crippen LogP contribution is 2.28. The van der Waals surface area contributed by atoms with Crippen LogP contribution in [0.15, 0.2) is 82.2 Å². The Bertz CT molecular complexity index is 1400. The van der Waals surface area contributed by atoms with Crippen molar-refractivity contribution in [3.63, 3.8) is 0 Å². The lowest BCUT2D eigenvalue weighted by Crippen LogP contribution is -2.51. The van der Waals surface area contributed by atoms with E-state index in [0.29, 0.717) is 34.0 Å². The van der Waals surface area contributed by atoms with Gasteiger partial charge in [0.25, 0.3) is 10.0 Å². The van der Waals surface area contributed by atoms with Gasteiger partial charge in [0.2, 0.25) is 11.8 Å². The highest BCUT2D eigenvalue weighted by molar-refractivity contribution is 9.10. The summed E-state index contributed by atoms with van der Waals surface area (Å²) in [6.07, 6.45) is 0.730. The summed E-state index contributed by atoms with van der Waals surface area (Å²) in [6.45, 7) is 5.78. The van der Waals surface area contributed by atoms with E-state index >= 15 is 0 Å². The topological polar surface area (TPSA) is 96.0 Å². The number of hydrogen-bond acceptors (Lipinski definition) is 5. The molecule has 0 bridgehead atoms. The Balaban J connectivity index is 2.03. The monoisotopic (exact) mass is 649 g/mol. The van der Waals surface area contributed by atoms with Gasteiger partial charge in [-0.2, -0.15) is 0 Å². The van der Waals surface area contributed by atoms with Crippen molar-refractivity contribution in [2.45, 2.75) is 44.7 Å². The van der Waals surface area contributed by atoms with Crippen molar-refractivity contribution >= 4 is 55.1 Å². The molecule has 8 nitrogen and oxygen atoms in total. The number of hydrogen-bond donors (Lipinski definition) is 1. The predicted molar refractivity (Wildman–Crippen MR) is 161 cm³/mol. The first-order valence-electron chi connectivity index (χ1n) is 12.9. The van der Waals surface area contributed by atoms with E-state index in [1.807, 2.05) is 13.8 Å². The lowest BCUT2D eigenvalue weighted by atomic mass is 10.1. The summed E-state index contributed by atoms with van der Waals surface area (Å²) < 4.78 is 35.0. The van der Waals surface area contributed by atoms with Gasteiger partial charge in [-0.1, -0.05) is 52.7 Å². The van der Waals surface area contributed by atoms with Crippen LogP contribution in [0, 0.1) is 0 Å². The van der Waals surface area contributed by atoms with E-state index in [2.05, 4.69) is 21.2 Å². The smallest absolute Gasteiger partial charge is 0.264 e. The van der Waals surface area contributed by atoms with Crippen molar-refractivity contribution in [2.75, 3.05) is 24.0 Å². The van der Waals surface area contributed by atoms with Gasteiger partial charge in [0.1, 0.15) is 18.3 Å². The molecule has 40 heavy (non-hydrogen) atoms. The van der Waals surface area contributed by atoms with Crippen molar-refractivity contribution in [2.24, 2.45) is 0 Å². The number of sulfonamides is 1. The third-order valence-corrected chi connectivity index (χ3v) is 8.82. The van der Waals surface area contributed by atoms with Gasteiger partial charge in [-0.25, -0.2) is 8.42 Å². The summed E-state index contributed by atoms with van der Waals surface area (Å²) in [5, 5.41) is 3.25. The van der Waals surface area contributed by atoms with Gasteiger partial charge in [0, 0.05) is 22.6 Å². The summed E-state index contributed by atoms with van der Waals surface area (Å²) >= 11 is 9.72. The number of carbonyl (C=O) groups is 2.